The fourth-order valence-corrected chi connectivity index (χ4v) is 2.92. The number of halogens is 3. The molecule has 1 aliphatic rings. The highest BCUT2D eigenvalue weighted by Gasteiger charge is 2.32. The monoisotopic (exact) mass is 410 g/mol. The number of anilines is 1. The lowest BCUT2D eigenvalue weighted by Crippen LogP contribution is -2.38. The van der Waals surface area contributed by atoms with Crippen LogP contribution < -0.4 is 20.3 Å². The maximum atomic E-state index is 12.5. The van der Waals surface area contributed by atoms with E-state index in [0.29, 0.717) is 26.3 Å². The Balaban J connectivity index is 1.55. The molecule has 10 heteroatoms. The number of morpholine rings is 1. The van der Waals surface area contributed by atoms with Gasteiger partial charge in [0.1, 0.15) is 11.6 Å². The van der Waals surface area contributed by atoms with Crippen molar-refractivity contribution in [1.82, 2.24) is 15.6 Å². The van der Waals surface area contributed by atoms with Gasteiger partial charge in [0, 0.05) is 43.5 Å². The number of hydrogen-bond acceptors (Lipinski definition) is 5. The molecular formula is C19H21F3N4O3. The Bertz CT molecular complexity index is 826. The van der Waals surface area contributed by atoms with E-state index in [1.807, 2.05) is 6.07 Å². The number of pyridine rings is 1. The number of para-hydroxylation sites is 1. The van der Waals surface area contributed by atoms with Crippen molar-refractivity contribution in [3.63, 3.8) is 0 Å². The SMILES string of the molecule is O=C(NCc1ccccc1OC(F)(F)F)NCc1cccnc1N1CCOCC1. The number of amides is 2. The van der Waals surface area contributed by atoms with Crippen LogP contribution in [0.25, 0.3) is 0 Å². The summed E-state index contributed by atoms with van der Waals surface area (Å²) in [6, 6.07) is 8.80. The van der Waals surface area contributed by atoms with Crippen LogP contribution in [0.3, 0.4) is 0 Å². The number of carbonyl (C=O) groups excluding carboxylic acids is 1. The van der Waals surface area contributed by atoms with Crippen LogP contribution in [0.2, 0.25) is 0 Å². The summed E-state index contributed by atoms with van der Waals surface area (Å²) in [6.07, 6.45) is -3.11. The first-order valence-electron chi connectivity index (χ1n) is 9.04. The van der Waals surface area contributed by atoms with Crippen molar-refractivity contribution in [3.8, 4) is 5.75 Å². The average Bonchev–Trinajstić information content (AvgIpc) is 2.71. The van der Waals surface area contributed by atoms with Gasteiger partial charge < -0.3 is 25.0 Å². The summed E-state index contributed by atoms with van der Waals surface area (Å²) in [5, 5.41) is 5.25. The number of nitrogens with one attached hydrogen (secondary N) is 2. The zero-order valence-electron chi connectivity index (χ0n) is 15.5. The van der Waals surface area contributed by atoms with Gasteiger partial charge in [-0.25, -0.2) is 9.78 Å². The third-order valence-corrected chi connectivity index (χ3v) is 4.26. The second kappa shape index (κ2) is 9.46. The molecule has 7 nitrogen and oxygen atoms in total. The predicted molar refractivity (Wildman–Crippen MR) is 99.5 cm³/mol. The molecule has 1 aliphatic heterocycles. The highest BCUT2D eigenvalue weighted by Crippen LogP contribution is 2.26. The molecule has 0 radical (unpaired) electrons. The summed E-state index contributed by atoms with van der Waals surface area (Å²) < 4.78 is 46.8. The van der Waals surface area contributed by atoms with E-state index < -0.39 is 12.4 Å². The van der Waals surface area contributed by atoms with Crippen molar-refractivity contribution in [2.45, 2.75) is 19.5 Å². The van der Waals surface area contributed by atoms with Gasteiger partial charge in [-0.3, -0.25) is 0 Å². The molecule has 0 spiro atoms. The molecule has 1 saturated heterocycles. The van der Waals surface area contributed by atoms with Crippen molar-refractivity contribution >= 4 is 11.8 Å². The van der Waals surface area contributed by atoms with E-state index in [1.165, 1.54) is 18.2 Å². The average molecular weight is 410 g/mol. The first kappa shape index (κ1) is 20.7. The minimum absolute atomic E-state index is 0.110. The number of rotatable bonds is 6. The molecule has 1 aromatic heterocycles. The molecule has 156 valence electrons. The Labute approximate surface area is 165 Å². The molecule has 0 atom stereocenters. The Hall–Kier alpha value is -3.01. The molecule has 1 aromatic carbocycles. The van der Waals surface area contributed by atoms with Crippen LogP contribution >= 0.6 is 0 Å². The summed E-state index contributed by atoms with van der Waals surface area (Å²) in [4.78, 5) is 18.6. The Kier molecular flexibility index (Phi) is 6.76. The minimum atomic E-state index is -4.80. The standard InChI is InChI=1S/C19H21F3N4O3/c20-19(21,22)29-16-6-2-1-4-14(16)12-24-18(27)25-13-15-5-3-7-23-17(15)26-8-10-28-11-9-26/h1-7H,8-13H2,(H2,24,25,27). The van der Waals surface area contributed by atoms with Gasteiger partial charge in [0.15, 0.2) is 0 Å². The van der Waals surface area contributed by atoms with E-state index in [0.717, 1.165) is 11.4 Å². The topological polar surface area (TPSA) is 75.7 Å². The highest BCUT2D eigenvalue weighted by molar-refractivity contribution is 5.74. The Morgan fingerprint density at radius 3 is 2.45 bits per heavy atom. The molecule has 2 N–H and O–H groups in total. The fourth-order valence-electron chi connectivity index (χ4n) is 2.92. The number of benzene rings is 1. The van der Waals surface area contributed by atoms with Gasteiger partial charge >= 0.3 is 12.4 Å². The van der Waals surface area contributed by atoms with Gasteiger partial charge in [0.05, 0.1) is 13.2 Å². The molecule has 29 heavy (non-hydrogen) atoms. The predicted octanol–water partition coefficient (Wildman–Crippen LogP) is 2.82. The van der Waals surface area contributed by atoms with Gasteiger partial charge in [-0.15, -0.1) is 13.2 Å². The van der Waals surface area contributed by atoms with Crippen LogP contribution in [0, 0.1) is 0 Å². The van der Waals surface area contributed by atoms with E-state index in [9.17, 15) is 18.0 Å². The minimum Gasteiger partial charge on any atom is -0.405 e. The summed E-state index contributed by atoms with van der Waals surface area (Å²) in [7, 11) is 0. The largest absolute Gasteiger partial charge is 0.573 e. The molecule has 0 saturated carbocycles. The van der Waals surface area contributed by atoms with Crippen molar-refractivity contribution in [2.75, 3.05) is 31.2 Å². The fraction of sp³-hybridized carbons (Fsp3) is 0.368. The second-order valence-electron chi connectivity index (χ2n) is 6.28. The third kappa shape index (κ3) is 6.24. The number of aromatic nitrogens is 1. The van der Waals surface area contributed by atoms with E-state index in [-0.39, 0.29) is 24.4 Å². The molecule has 0 bridgehead atoms. The summed E-state index contributed by atoms with van der Waals surface area (Å²) in [6.45, 7) is 2.78. The molecule has 1 fully saturated rings. The number of hydrogen-bond donors (Lipinski definition) is 2. The highest BCUT2D eigenvalue weighted by atomic mass is 19.4. The molecule has 0 aliphatic carbocycles. The van der Waals surface area contributed by atoms with E-state index in [4.69, 9.17) is 4.74 Å². The van der Waals surface area contributed by atoms with E-state index in [1.54, 1.807) is 18.3 Å². The van der Waals surface area contributed by atoms with Crippen molar-refractivity contribution in [2.24, 2.45) is 0 Å². The maximum absolute atomic E-state index is 12.5. The molecule has 3 rings (SSSR count). The zero-order chi connectivity index (χ0) is 20.7. The number of alkyl halides is 3. The Morgan fingerprint density at radius 1 is 1.07 bits per heavy atom. The van der Waals surface area contributed by atoms with Gasteiger partial charge in [-0.05, 0) is 12.1 Å². The van der Waals surface area contributed by atoms with Gasteiger partial charge in [0.25, 0.3) is 0 Å². The third-order valence-electron chi connectivity index (χ3n) is 4.26. The van der Waals surface area contributed by atoms with E-state index in [2.05, 4.69) is 25.3 Å². The molecule has 2 aromatic rings. The molecular weight excluding hydrogens is 389 g/mol. The first-order chi connectivity index (χ1) is 13.9. The van der Waals surface area contributed by atoms with E-state index >= 15 is 0 Å². The molecule has 2 amide bonds. The van der Waals surface area contributed by atoms with Gasteiger partial charge in [-0.2, -0.15) is 0 Å². The number of carbonyl (C=O) groups is 1. The van der Waals surface area contributed by atoms with Crippen LogP contribution in [-0.2, 0) is 17.8 Å². The second-order valence-corrected chi connectivity index (χ2v) is 6.28. The number of ether oxygens (including phenoxy) is 2. The lowest BCUT2D eigenvalue weighted by atomic mass is 10.2. The smallest absolute Gasteiger partial charge is 0.405 e. The Morgan fingerprint density at radius 2 is 1.72 bits per heavy atom. The first-order valence-corrected chi connectivity index (χ1v) is 9.04. The number of urea groups is 1. The van der Waals surface area contributed by atoms with Crippen LogP contribution in [0.4, 0.5) is 23.8 Å². The van der Waals surface area contributed by atoms with Crippen molar-refractivity contribution in [1.29, 1.82) is 0 Å². The summed E-state index contributed by atoms with van der Waals surface area (Å²) in [5.74, 6) is 0.433. The van der Waals surface area contributed by atoms with Crippen LogP contribution in [0.15, 0.2) is 42.6 Å². The number of nitrogens with zero attached hydrogens (tertiary/aromatic N) is 2. The lowest BCUT2D eigenvalue weighted by molar-refractivity contribution is -0.274. The summed E-state index contributed by atoms with van der Waals surface area (Å²) in [5.41, 5.74) is 1.06. The van der Waals surface area contributed by atoms with Crippen LogP contribution in [0.5, 0.6) is 5.75 Å². The van der Waals surface area contributed by atoms with Crippen molar-refractivity contribution < 1.29 is 27.4 Å². The van der Waals surface area contributed by atoms with Crippen LogP contribution in [-0.4, -0.2) is 43.7 Å². The molecule has 2 heterocycles. The maximum Gasteiger partial charge on any atom is 0.573 e. The lowest BCUT2D eigenvalue weighted by Gasteiger charge is -2.29. The summed E-state index contributed by atoms with van der Waals surface area (Å²) >= 11 is 0. The van der Waals surface area contributed by atoms with Crippen LogP contribution in [0.1, 0.15) is 11.1 Å². The zero-order valence-corrected chi connectivity index (χ0v) is 15.5. The normalized spacial score (nSPS) is 14.4. The van der Waals surface area contributed by atoms with Gasteiger partial charge in [-0.1, -0.05) is 24.3 Å². The van der Waals surface area contributed by atoms with Gasteiger partial charge in [0.2, 0.25) is 0 Å². The van der Waals surface area contributed by atoms with Crippen molar-refractivity contribution in [3.05, 3.63) is 53.7 Å². The quantitative estimate of drug-likeness (QED) is 0.766. The molecule has 0 unspecified atom stereocenters.